The molecule has 17 heavy (non-hydrogen) atoms. The minimum Gasteiger partial charge on any atom is -0.308 e. The molecule has 0 aliphatic carbocycles. The molecule has 0 aliphatic heterocycles. The second kappa shape index (κ2) is 4.98. The van der Waals surface area contributed by atoms with Crippen LogP contribution in [0.5, 0.6) is 0 Å². The highest BCUT2D eigenvalue weighted by Crippen LogP contribution is 2.16. The van der Waals surface area contributed by atoms with Gasteiger partial charge in [-0.25, -0.2) is 4.98 Å². The van der Waals surface area contributed by atoms with Crippen molar-refractivity contribution in [1.29, 1.82) is 0 Å². The van der Waals surface area contributed by atoms with Gasteiger partial charge in [0.1, 0.15) is 0 Å². The molecule has 92 valence electrons. The summed E-state index contributed by atoms with van der Waals surface area (Å²) in [6.45, 7) is 7.94. The van der Waals surface area contributed by atoms with Crippen LogP contribution in [0.1, 0.15) is 26.8 Å². The van der Waals surface area contributed by atoms with E-state index in [-0.39, 0.29) is 0 Å². The Hall–Kier alpha value is -1.20. The van der Waals surface area contributed by atoms with Crippen LogP contribution in [-0.4, -0.2) is 14.8 Å². The van der Waals surface area contributed by atoms with Gasteiger partial charge in [0.05, 0.1) is 16.9 Å². The smallest absolute Gasteiger partial charge is 0.0900 e. The molecule has 2 heterocycles. The number of rotatable bonds is 4. The summed E-state index contributed by atoms with van der Waals surface area (Å²) in [5.41, 5.74) is 3.61. The Labute approximate surface area is 106 Å². The van der Waals surface area contributed by atoms with Crippen molar-refractivity contribution in [3.05, 3.63) is 33.0 Å². The van der Waals surface area contributed by atoms with Gasteiger partial charge in [0.2, 0.25) is 0 Å². The lowest BCUT2D eigenvalue weighted by atomic mass is 10.2. The minimum atomic E-state index is 0.857. The summed E-state index contributed by atoms with van der Waals surface area (Å²) < 4.78 is 1.90. The zero-order valence-electron chi connectivity index (χ0n) is 10.7. The van der Waals surface area contributed by atoms with E-state index < -0.39 is 0 Å². The SMILES string of the molecule is Cc1nc(C)c(CNCc2cnn(C)c2C)s1. The van der Waals surface area contributed by atoms with Gasteiger partial charge in [-0.3, -0.25) is 4.68 Å². The van der Waals surface area contributed by atoms with Crippen LogP contribution in [-0.2, 0) is 20.1 Å². The maximum Gasteiger partial charge on any atom is 0.0900 e. The van der Waals surface area contributed by atoms with Gasteiger partial charge in [0.25, 0.3) is 0 Å². The second-order valence-corrected chi connectivity index (χ2v) is 5.51. The third-order valence-corrected chi connectivity index (χ3v) is 4.01. The fourth-order valence-corrected chi connectivity index (χ4v) is 2.67. The molecule has 2 aromatic heterocycles. The van der Waals surface area contributed by atoms with E-state index in [0.29, 0.717) is 0 Å². The van der Waals surface area contributed by atoms with Crippen LogP contribution in [0.25, 0.3) is 0 Å². The van der Waals surface area contributed by atoms with Crippen molar-refractivity contribution in [3.63, 3.8) is 0 Å². The standard InChI is InChI=1S/C12H18N4S/c1-8-12(17-10(3)15-8)7-13-5-11-6-14-16(4)9(11)2/h6,13H,5,7H2,1-4H3. The predicted octanol–water partition coefficient (Wildman–Crippen LogP) is 2.09. The van der Waals surface area contributed by atoms with E-state index >= 15 is 0 Å². The highest BCUT2D eigenvalue weighted by Gasteiger charge is 2.06. The first-order valence-corrected chi connectivity index (χ1v) is 6.50. The molecule has 5 heteroatoms. The van der Waals surface area contributed by atoms with Gasteiger partial charge in [-0.2, -0.15) is 5.10 Å². The monoisotopic (exact) mass is 250 g/mol. The van der Waals surface area contributed by atoms with Gasteiger partial charge in [0.15, 0.2) is 0 Å². The quantitative estimate of drug-likeness (QED) is 0.903. The highest BCUT2D eigenvalue weighted by atomic mass is 32.1. The van der Waals surface area contributed by atoms with Gasteiger partial charge < -0.3 is 5.32 Å². The third kappa shape index (κ3) is 2.73. The molecular weight excluding hydrogens is 232 g/mol. The van der Waals surface area contributed by atoms with Gasteiger partial charge >= 0.3 is 0 Å². The molecule has 1 N–H and O–H groups in total. The largest absolute Gasteiger partial charge is 0.308 e. The summed E-state index contributed by atoms with van der Waals surface area (Å²) in [5.74, 6) is 0. The number of thiazole rings is 1. The van der Waals surface area contributed by atoms with Crippen molar-refractivity contribution in [3.8, 4) is 0 Å². The van der Waals surface area contributed by atoms with Gasteiger partial charge in [-0.15, -0.1) is 11.3 Å². The van der Waals surface area contributed by atoms with E-state index in [1.807, 2.05) is 24.9 Å². The summed E-state index contributed by atoms with van der Waals surface area (Å²) in [5, 5.41) is 8.81. The maximum atomic E-state index is 4.42. The molecule has 0 unspecified atom stereocenters. The molecule has 0 atom stereocenters. The molecule has 0 radical (unpaired) electrons. The molecule has 2 rings (SSSR count). The van der Waals surface area contributed by atoms with Crippen molar-refractivity contribution < 1.29 is 0 Å². The summed E-state index contributed by atoms with van der Waals surface area (Å²) in [6, 6.07) is 0. The summed E-state index contributed by atoms with van der Waals surface area (Å²) in [6.07, 6.45) is 1.92. The lowest BCUT2D eigenvalue weighted by Gasteiger charge is -2.03. The van der Waals surface area contributed by atoms with Crippen LogP contribution in [0, 0.1) is 20.8 Å². The van der Waals surface area contributed by atoms with E-state index in [0.717, 1.165) is 23.8 Å². The van der Waals surface area contributed by atoms with Gasteiger partial charge in [-0.1, -0.05) is 0 Å². The van der Waals surface area contributed by atoms with Crippen LogP contribution in [0.15, 0.2) is 6.20 Å². The molecule has 0 aromatic carbocycles. The Morgan fingerprint density at radius 3 is 2.59 bits per heavy atom. The number of nitrogens with zero attached hydrogens (tertiary/aromatic N) is 3. The molecular formula is C12H18N4S. The van der Waals surface area contributed by atoms with Gasteiger partial charge in [0, 0.05) is 36.3 Å². The van der Waals surface area contributed by atoms with E-state index in [1.54, 1.807) is 11.3 Å². The Kier molecular flexibility index (Phi) is 3.59. The lowest BCUT2D eigenvalue weighted by molar-refractivity contribution is 0.688. The third-order valence-electron chi connectivity index (χ3n) is 2.94. The van der Waals surface area contributed by atoms with Crippen LogP contribution >= 0.6 is 11.3 Å². The molecule has 0 bridgehead atoms. The van der Waals surface area contributed by atoms with Crippen molar-refractivity contribution in [2.24, 2.45) is 7.05 Å². The topological polar surface area (TPSA) is 42.7 Å². The molecule has 0 fully saturated rings. The van der Waals surface area contributed by atoms with Crippen molar-refractivity contribution in [2.75, 3.05) is 0 Å². The molecule has 0 aliphatic rings. The van der Waals surface area contributed by atoms with Crippen LogP contribution in [0.2, 0.25) is 0 Å². The Morgan fingerprint density at radius 2 is 2.06 bits per heavy atom. The van der Waals surface area contributed by atoms with Crippen LogP contribution in [0.4, 0.5) is 0 Å². The number of aromatic nitrogens is 3. The normalized spacial score (nSPS) is 11.1. The molecule has 4 nitrogen and oxygen atoms in total. The molecule has 2 aromatic rings. The summed E-state index contributed by atoms with van der Waals surface area (Å²) in [4.78, 5) is 5.74. The molecule has 0 saturated carbocycles. The second-order valence-electron chi connectivity index (χ2n) is 4.22. The van der Waals surface area contributed by atoms with E-state index in [9.17, 15) is 0 Å². The fourth-order valence-electron chi connectivity index (χ4n) is 1.77. The van der Waals surface area contributed by atoms with Gasteiger partial charge in [-0.05, 0) is 20.8 Å². The average molecular weight is 250 g/mol. The molecule has 0 spiro atoms. The van der Waals surface area contributed by atoms with Crippen LogP contribution < -0.4 is 5.32 Å². The first-order valence-electron chi connectivity index (χ1n) is 5.69. The first-order chi connectivity index (χ1) is 8.08. The fraction of sp³-hybridized carbons (Fsp3) is 0.500. The molecule has 0 saturated heterocycles. The Bertz CT molecular complexity index is 511. The summed E-state index contributed by atoms with van der Waals surface area (Å²) >= 11 is 1.76. The van der Waals surface area contributed by atoms with E-state index in [1.165, 1.54) is 16.1 Å². The number of hydrogen-bond donors (Lipinski definition) is 1. The number of aryl methyl sites for hydroxylation is 3. The summed E-state index contributed by atoms with van der Waals surface area (Å²) in [7, 11) is 1.97. The molecule has 0 amide bonds. The highest BCUT2D eigenvalue weighted by molar-refractivity contribution is 7.11. The predicted molar refractivity (Wildman–Crippen MR) is 70.1 cm³/mol. The first kappa shape index (κ1) is 12.3. The van der Waals surface area contributed by atoms with Crippen molar-refractivity contribution in [2.45, 2.75) is 33.9 Å². The van der Waals surface area contributed by atoms with Crippen molar-refractivity contribution in [1.82, 2.24) is 20.1 Å². The Balaban J connectivity index is 1.92. The minimum absolute atomic E-state index is 0.857. The maximum absolute atomic E-state index is 4.42. The van der Waals surface area contributed by atoms with E-state index in [4.69, 9.17) is 0 Å². The zero-order valence-corrected chi connectivity index (χ0v) is 11.6. The lowest BCUT2D eigenvalue weighted by Crippen LogP contribution is -2.13. The Morgan fingerprint density at radius 1 is 1.29 bits per heavy atom. The van der Waals surface area contributed by atoms with Crippen molar-refractivity contribution >= 4 is 11.3 Å². The number of hydrogen-bond acceptors (Lipinski definition) is 4. The van der Waals surface area contributed by atoms with Crippen LogP contribution in [0.3, 0.4) is 0 Å². The number of nitrogens with one attached hydrogen (secondary N) is 1. The average Bonchev–Trinajstić information content (AvgIpc) is 2.75. The zero-order chi connectivity index (χ0) is 12.4. The van der Waals surface area contributed by atoms with E-state index in [2.05, 4.69) is 29.2 Å².